The Balaban J connectivity index is 1.30. The van der Waals surface area contributed by atoms with Crippen LogP contribution in [0.3, 0.4) is 0 Å². The van der Waals surface area contributed by atoms with Gasteiger partial charge in [0.15, 0.2) is 0 Å². The summed E-state index contributed by atoms with van der Waals surface area (Å²) in [5.41, 5.74) is 2.19. The molecule has 2 aromatic carbocycles. The molecular weight excluding hydrogens is 436 g/mol. The third-order valence-electron chi connectivity index (χ3n) is 6.10. The summed E-state index contributed by atoms with van der Waals surface area (Å²) >= 11 is 0. The molecule has 1 atom stereocenters. The molecule has 1 fully saturated rings. The van der Waals surface area contributed by atoms with Crippen molar-refractivity contribution < 1.29 is 17.6 Å². The van der Waals surface area contributed by atoms with E-state index in [1.807, 2.05) is 30.3 Å². The van der Waals surface area contributed by atoms with E-state index in [1.165, 1.54) is 11.8 Å². The van der Waals surface area contributed by atoms with Crippen LogP contribution in [-0.4, -0.2) is 27.3 Å². The lowest BCUT2D eigenvalue weighted by Gasteiger charge is -2.34. The molecule has 1 unspecified atom stereocenters. The van der Waals surface area contributed by atoms with Crippen LogP contribution in [0.1, 0.15) is 37.0 Å². The Labute approximate surface area is 195 Å². The smallest absolute Gasteiger partial charge is 0.240 e. The number of ketones is 1. The van der Waals surface area contributed by atoms with Gasteiger partial charge in [-0.05, 0) is 67.1 Å². The number of hydrogen-bond acceptors (Lipinski definition) is 5. The Morgan fingerprint density at radius 1 is 1.03 bits per heavy atom. The van der Waals surface area contributed by atoms with Crippen molar-refractivity contribution >= 4 is 21.5 Å². The maximum atomic E-state index is 12.5. The number of Topliss-reactive ketones (excluding diaryl/α,β-unsaturated/α-hetero) is 1. The molecule has 0 bridgehead atoms. The summed E-state index contributed by atoms with van der Waals surface area (Å²) < 4.78 is 32.8. The summed E-state index contributed by atoms with van der Waals surface area (Å²) in [4.78, 5) is 15.0. The van der Waals surface area contributed by atoms with E-state index < -0.39 is 10.0 Å². The molecule has 1 aliphatic rings. The van der Waals surface area contributed by atoms with Gasteiger partial charge in [0.2, 0.25) is 10.0 Å². The number of rotatable bonds is 10. The summed E-state index contributed by atoms with van der Waals surface area (Å²) in [6.07, 6.45) is 5.57. The number of nitrogens with zero attached hydrogens (tertiary/aromatic N) is 1. The molecule has 1 N–H and O–H groups in total. The molecule has 0 spiro atoms. The van der Waals surface area contributed by atoms with E-state index in [2.05, 4.69) is 21.8 Å². The van der Waals surface area contributed by atoms with Gasteiger partial charge in [-0.25, -0.2) is 13.1 Å². The highest BCUT2D eigenvalue weighted by molar-refractivity contribution is 7.89. The summed E-state index contributed by atoms with van der Waals surface area (Å²) in [7, 11) is -3.61. The van der Waals surface area contributed by atoms with Gasteiger partial charge in [0.05, 0.1) is 17.7 Å². The number of carbonyl (C=O) groups excluding carboxylic acids is 1. The number of furan rings is 1. The highest BCUT2D eigenvalue weighted by atomic mass is 32.2. The van der Waals surface area contributed by atoms with Crippen LogP contribution in [0, 0.1) is 5.92 Å². The van der Waals surface area contributed by atoms with Crippen molar-refractivity contribution in [2.75, 3.05) is 18.0 Å². The average molecular weight is 467 g/mol. The van der Waals surface area contributed by atoms with Crippen LogP contribution in [0.5, 0.6) is 0 Å². The predicted molar refractivity (Wildman–Crippen MR) is 128 cm³/mol. The molecular formula is C26H30N2O4S. The lowest BCUT2D eigenvalue weighted by molar-refractivity contribution is -0.120. The highest BCUT2D eigenvalue weighted by Gasteiger charge is 2.23. The molecule has 0 amide bonds. The Morgan fingerprint density at radius 2 is 1.82 bits per heavy atom. The first-order chi connectivity index (χ1) is 16.0. The maximum absolute atomic E-state index is 12.5. The van der Waals surface area contributed by atoms with E-state index in [1.54, 1.807) is 24.3 Å². The molecule has 3 aromatic rings. The van der Waals surface area contributed by atoms with Crippen molar-refractivity contribution in [3.8, 4) is 0 Å². The zero-order valence-electron chi connectivity index (χ0n) is 18.7. The number of carbonyl (C=O) groups is 1. The third kappa shape index (κ3) is 6.55. The second kappa shape index (κ2) is 10.8. The third-order valence-corrected chi connectivity index (χ3v) is 7.52. The number of piperidine rings is 1. The van der Waals surface area contributed by atoms with Crippen molar-refractivity contribution in [2.24, 2.45) is 5.92 Å². The fourth-order valence-corrected chi connectivity index (χ4v) is 5.31. The van der Waals surface area contributed by atoms with E-state index in [0.717, 1.165) is 38.0 Å². The topological polar surface area (TPSA) is 79.6 Å². The first-order valence-corrected chi connectivity index (χ1v) is 12.9. The first-order valence-electron chi connectivity index (χ1n) is 11.4. The zero-order chi connectivity index (χ0) is 23.1. The van der Waals surface area contributed by atoms with Crippen LogP contribution in [-0.2, 0) is 27.8 Å². The van der Waals surface area contributed by atoms with E-state index in [-0.39, 0.29) is 11.4 Å². The summed E-state index contributed by atoms with van der Waals surface area (Å²) in [5.74, 6) is 1.21. The molecule has 2 heterocycles. The van der Waals surface area contributed by atoms with Gasteiger partial charge in [0.25, 0.3) is 0 Å². The van der Waals surface area contributed by atoms with E-state index >= 15 is 0 Å². The fraction of sp³-hybridized carbons (Fsp3) is 0.346. The number of sulfonamides is 1. The van der Waals surface area contributed by atoms with Crippen molar-refractivity contribution in [3.63, 3.8) is 0 Å². The quantitative estimate of drug-likeness (QED) is 0.474. The molecule has 0 saturated carbocycles. The molecule has 33 heavy (non-hydrogen) atoms. The van der Waals surface area contributed by atoms with Crippen molar-refractivity contribution in [2.45, 2.75) is 43.5 Å². The molecule has 7 heteroatoms. The summed E-state index contributed by atoms with van der Waals surface area (Å²) in [5, 5.41) is 0. The standard InChI is InChI=1S/C26H30N2O4S/c29-24(13-10-21-6-2-1-3-7-21)18-22-8-4-16-28(20-22)23-11-14-26(15-12-23)33(30,31)27-19-25-9-5-17-32-25/h1-3,5-7,9,11-12,14-15,17,22,27H,4,8,10,13,16,18-20H2. The first kappa shape index (κ1) is 23.3. The van der Waals surface area contributed by atoms with Gasteiger partial charge in [-0.3, -0.25) is 4.79 Å². The Morgan fingerprint density at radius 3 is 2.55 bits per heavy atom. The minimum absolute atomic E-state index is 0.114. The zero-order valence-corrected chi connectivity index (χ0v) is 19.5. The fourth-order valence-electron chi connectivity index (χ4n) is 4.32. The lowest BCUT2D eigenvalue weighted by Crippen LogP contribution is -2.36. The largest absolute Gasteiger partial charge is 0.468 e. The number of benzene rings is 2. The molecule has 4 rings (SSSR count). The molecule has 0 aliphatic carbocycles. The average Bonchev–Trinajstić information content (AvgIpc) is 3.36. The Kier molecular flexibility index (Phi) is 7.62. The summed E-state index contributed by atoms with van der Waals surface area (Å²) in [6, 6.07) is 20.5. The molecule has 6 nitrogen and oxygen atoms in total. The molecule has 174 valence electrons. The highest BCUT2D eigenvalue weighted by Crippen LogP contribution is 2.27. The predicted octanol–water partition coefficient (Wildman–Crippen LogP) is 4.57. The molecule has 0 radical (unpaired) electrons. The van der Waals surface area contributed by atoms with Gasteiger partial charge in [-0.1, -0.05) is 30.3 Å². The molecule has 1 aliphatic heterocycles. The lowest BCUT2D eigenvalue weighted by atomic mass is 9.91. The van der Waals surface area contributed by atoms with Crippen LogP contribution >= 0.6 is 0 Å². The summed E-state index contributed by atoms with van der Waals surface area (Å²) in [6.45, 7) is 1.85. The van der Waals surface area contributed by atoms with Gasteiger partial charge in [-0.15, -0.1) is 0 Å². The number of aryl methyl sites for hydroxylation is 1. The Bertz CT molecular complexity index is 1130. The monoisotopic (exact) mass is 466 g/mol. The van der Waals surface area contributed by atoms with Crippen molar-refractivity contribution in [1.82, 2.24) is 4.72 Å². The van der Waals surface area contributed by atoms with Crippen molar-refractivity contribution in [3.05, 3.63) is 84.3 Å². The normalized spacial score (nSPS) is 16.6. The van der Waals surface area contributed by atoms with Gasteiger partial charge >= 0.3 is 0 Å². The van der Waals surface area contributed by atoms with Crippen LogP contribution < -0.4 is 9.62 Å². The maximum Gasteiger partial charge on any atom is 0.240 e. The number of nitrogens with one attached hydrogen (secondary N) is 1. The van der Waals surface area contributed by atoms with Crippen LogP contribution in [0.15, 0.2) is 82.3 Å². The second-order valence-corrected chi connectivity index (χ2v) is 10.3. The van der Waals surface area contributed by atoms with E-state index in [9.17, 15) is 13.2 Å². The Hall–Kier alpha value is -2.90. The number of anilines is 1. The van der Waals surface area contributed by atoms with Gasteiger partial charge in [0.1, 0.15) is 11.5 Å². The van der Waals surface area contributed by atoms with Gasteiger partial charge in [-0.2, -0.15) is 0 Å². The SMILES string of the molecule is O=C(CCc1ccccc1)CC1CCCN(c2ccc(S(=O)(=O)NCc3ccco3)cc2)C1. The minimum Gasteiger partial charge on any atom is -0.468 e. The van der Waals surface area contributed by atoms with Crippen LogP contribution in [0.2, 0.25) is 0 Å². The van der Waals surface area contributed by atoms with E-state index in [4.69, 9.17) is 4.42 Å². The van der Waals surface area contributed by atoms with Crippen molar-refractivity contribution in [1.29, 1.82) is 0 Å². The number of hydrogen-bond donors (Lipinski definition) is 1. The second-order valence-electron chi connectivity index (χ2n) is 8.58. The van der Waals surface area contributed by atoms with Gasteiger partial charge < -0.3 is 9.32 Å². The molecule has 1 aromatic heterocycles. The molecule has 1 saturated heterocycles. The minimum atomic E-state index is -3.61. The van der Waals surface area contributed by atoms with Crippen LogP contribution in [0.4, 0.5) is 5.69 Å². The van der Waals surface area contributed by atoms with Crippen LogP contribution in [0.25, 0.3) is 0 Å². The van der Waals surface area contributed by atoms with Gasteiger partial charge in [0, 0.05) is 31.6 Å². The van der Waals surface area contributed by atoms with E-state index in [0.29, 0.717) is 30.3 Å².